The van der Waals surface area contributed by atoms with Crippen molar-refractivity contribution in [3.8, 4) is 0 Å². The maximum Gasteiger partial charge on any atom is 0.353 e. The number of hydrogen-bond donors (Lipinski definition) is 1. The van der Waals surface area contributed by atoms with Gasteiger partial charge in [-0.05, 0) is 24.3 Å². The molecule has 0 aliphatic rings. The van der Waals surface area contributed by atoms with E-state index in [2.05, 4.69) is 4.74 Å². The van der Waals surface area contributed by atoms with Gasteiger partial charge in [-0.1, -0.05) is 36.4 Å². The average molecular weight is 358 g/mol. The number of carbonyl (C=O) groups is 4. The van der Waals surface area contributed by atoms with Crippen LogP contribution in [0.25, 0.3) is 0 Å². The lowest BCUT2D eigenvalue weighted by Crippen LogP contribution is -2.42. The Morgan fingerprint density at radius 1 is 0.808 bits per heavy atom. The van der Waals surface area contributed by atoms with Crippen molar-refractivity contribution < 1.29 is 38.5 Å². The largest absolute Gasteiger partial charge is 0.478 e. The Kier molecular flexibility index (Phi) is 6.44. The molecule has 0 aliphatic heterocycles. The molecular formula is C18H14O8. The first-order chi connectivity index (χ1) is 12.5. The summed E-state index contributed by atoms with van der Waals surface area (Å²) >= 11 is 0. The molecule has 0 bridgehead atoms. The summed E-state index contributed by atoms with van der Waals surface area (Å²) in [5.74, 6) is -3.57. The van der Waals surface area contributed by atoms with Gasteiger partial charge in [0.1, 0.15) is 0 Å². The molecule has 0 saturated carbocycles. The van der Waals surface area contributed by atoms with Gasteiger partial charge in [-0.3, -0.25) is 4.79 Å². The van der Waals surface area contributed by atoms with Gasteiger partial charge in [0.25, 0.3) is 18.9 Å². The van der Waals surface area contributed by atoms with Gasteiger partial charge in [0.15, 0.2) is 0 Å². The standard InChI is InChI=1S/C18H14O8/c19-11-24-18(26-17(23)13-9-5-2-6-10-13)14(15(20)21)25-16(22)12-7-3-1-4-8-12/h1-11,14,18H,(H,20,21)/t14-,18+/m1/s1. The van der Waals surface area contributed by atoms with Crippen molar-refractivity contribution in [3.63, 3.8) is 0 Å². The monoisotopic (exact) mass is 358 g/mol. The lowest BCUT2D eigenvalue weighted by Gasteiger charge is -2.22. The van der Waals surface area contributed by atoms with Gasteiger partial charge < -0.3 is 19.3 Å². The fraction of sp³-hybridized carbons (Fsp3) is 0.111. The van der Waals surface area contributed by atoms with E-state index in [1.807, 2.05) is 0 Å². The van der Waals surface area contributed by atoms with E-state index in [1.54, 1.807) is 36.4 Å². The highest BCUT2D eigenvalue weighted by Crippen LogP contribution is 2.13. The van der Waals surface area contributed by atoms with E-state index in [-0.39, 0.29) is 17.6 Å². The van der Waals surface area contributed by atoms with Crippen LogP contribution in [0, 0.1) is 0 Å². The third-order valence-corrected chi connectivity index (χ3v) is 3.16. The lowest BCUT2D eigenvalue weighted by molar-refractivity contribution is -0.187. The van der Waals surface area contributed by atoms with Gasteiger partial charge >= 0.3 is 17.9 Å². The molecule has 0 spiro atoms. The molecule has 2 rings (SSSR count). The molecular weight excluding hydrogens is 344 g/mol. The summed E-state index contributed by atoms with van der Waals surface area (Å²) in [5.41, 5.74) is 0.184. The average Bonchev–Trinajstić information content (AvgIpc) is 2.66. The minimum atomic E-state index is -2.04. The van der Waals surface area contributed by atoms with Gasteiger partial charge in [0.2, 0.25) is 0 Å². The zero-order chi connectivity index (χ0) is 18.9. The van der Waals surface area contributed by atoms with Crippen molar-refractivity contribution >= 4 is 24.4 Å². The van der Waals surface area contributed by atoms with Crippen molar-refractivity contribution in [3.05, 3.63) is 71.8 Å². The highest BCUT2D eigenvalue weighted by molar-refractivity contribution is 5.92. The Morgan fingerprint density at radius 3 is 1.69 bits per heavy atom. The second kappa shape index (κ2) is 8.97. The predicted molar refractivity (Wildman–Crippen MR) is 86.1 cm³/mol. The summed E-state index contributed by atoms with van der Waals surface area (Å²) in [6.45, 7) is -0.102. The molecule has 26 heavy (non-hydrogen) atoms. The van der Waals surface area contributed by atoms with E-state index < -0.39 is 30.3 Å². The van der Waals surface area contributed by atoms with Crippen molar-refractivity contribution in [2.24, 2.45) is 0 Å². The molecule has 0 aliphatic carbocycles. The third kappa shape index (κ3) is 4.91. The first-order valence-corrected chi connectivity index (χ1v) is 7.37. The Labute approximate surface area is 147 Å². The van der Waals surface area contributed by atoms with Crippen LogP contribution in [0.15, 0.2) is 60.7 Å². The first kappa shape index (κ1) is 18.7. The number of ether oxygens (including phenoxy) is 3. The van der Waals surface area contributed by atoms with Crippen molar-refractivity contribution in [1.82, 2.24) is 0 Å². The number of carboxylic acid groups (broad SMARTS) is 1. The van der Waals surface area contributed by atoms with Crippen molar-refractivity contribution in [1.29, 1.82) is 0 Å². The Bertz CT molecular complexity index is 772. The van der Waals surface area contributed by atoms with Crippen LogP contribution in [0.4, 0.5) is 0 Å². The molecule has 0 fully saturated rings. The summed E-state index contributed by atoms with van der Waals surface area (Å²) in [6, 6.07) is 15.2. The van der Waals surface area contributed by atoms with Crippen LogP contribution < -0.4 is 0 Å². The summed E-state index contributed by atoms with van der Waals surface area (Å²) in [6.07, 6.45) is -3.99. The van der Waals surface area contributed by atoms with Crippen LogP contribution in [-0.2, 0) is 23.8 Å². The molecule has 0 aromatic heterocycles. The molecule has 2 atom stereocenters. The van der Waals surface area contributed by atoms with Gasteiger partial charge in [0.05, 0.1) is 11.1 Å². The van der Waals surface area contributed by atoms with E-state index in [0.29, 0.717) is 0 Å². The van der Waals surface area contributed by atoms with Gasteiger partial charge in [-0.2, -0.15) is 0 Å². The second-order valence-corrected chi connectivity index (χ2v) is 4.90. The molecule has 2 aromatic carbocycles. The van der Waals surface area contributed by atoms with Crippen LogP contribution in [-0.4, -0.2) is 41.9 Å². The van der Waals surface area contributed by atoms with Crippen LogP contribution in [0.3, 0.4) is 0 Å². The number of rotatable bonds is 8. The topological polar surface area (TPSA) is 116 Å². The number of hydrogen-bond acceptors (Lipinski definition) is 7. The van der Waals surface area contributed by atoms with E-state index in [1.165, 1.54) is 24.3 Å². The summed E-state index contributed by atoms with van der Waals surface area (Å²) < 4.78 is 14.2. The highest BCUT2D eigenvalue weighted by atomic mass is 16.7. The zero-order valence-corrected chi connectivity index (χ0v) is 13.3. The SMILES string of the molecule is O=CO[C@@H](OC(=O)c1ccccc1)[C@H](OC(=O)c1ccccc1)C(=O)O. The van der Waals surface area contributed by atoms with Gasteiger partial charge in [-0.25, -0.2) is 14.4 Å². The minimum Gasteiger partial charge on any atom is -0.478 e. The second-order valence-electron chi connectivity index (χ2n) is 4.90. The van der Waals surface area contributed by atoms with E-state index in [9.17, 15) is 24.3 Å². The van der Waals surface area contributed by atoms with E-state index >= 15 is 0 Å². The van der Waals surface area contributed by atoms with Gasteiger partial charge in [-0.15, -0.1) is 0 Å². The van der Waals surface area contributed by atoms with Crippen molar-refractivity contribution in [2.75, 3.05) is 0 Å². The molecule has 2 aromatic rings. The maximum atomic E-state index is 12.1. The molecule has 1 N–H and O–H groups in total. The number of benzene rings is 2. The minimum absolute atomic E-state index is 0.0815. The number of carbonyl (C=O) groups excluding carboxylic acids is 3. The predicted octanol–water partition coefficient (Wildman–Crippen LogP) is 1.65. The molecule has 0 amide bonds. The lowest BCUT2D eigenvalue weighted by atomic mass is 10.2. The van der Waals surface area contributed by atoms with E-state index in [4.69, 9.17) is 9.47 Å². The molecule has 0 saturated heterocycles. The van der Waals surface area contributed by atoms with E-state index in [0.717, 1.165) is 0 Å². The first-order valence-electron chi connectivity index (χ1n) is 7.37. The molecule has 8 heteroatoms. The number of esters is 2. The fourth-order valence-electron chi connectivity index (χ4n) is 1.94. The quantitative estimate of drug-likeness (QED) is 0.430. The number of carboxylic acids is 1. The summed E-state index contributed by atoms with van der Waals surface area (Å²) in [5, 5.41) is 9.29. The molecule has 134 valence electrons. The van der Waals surface area contributed by atoms with Crippen LogP contribution in [0.1, 0.15) is 20.7 Å². The Hall–Kier alpha value is -3.68. The fourth-order valence-corrected chi connectivity index (χ4v) is 1.94. The summed E-state index contributed by atoms with van der Waals surface area (Å²) in [7, 11) is 0. The highest BCUT2D eigenvalue weighted by Gasteiger charge is 2.37. The number of aliphatic carboxylic acids is 1. The Morgan fingerprint density at radius 2 is 1.27 bits per heavy atom. The molecule has 8 nitrogen and oxygen atoms in total. The smallest absolute Gasteiger partial charge is 0.353 e. The van der Waals surface area contributed by atoms with Gasteiger partial charge in [0, 0.05) is 0 Å². The zero-order valence-electron chi connectivity index (χ0n) is 13.3. The van der Waals surface area contributed by atoms with Crippen LogP contribution in [0.2, 0.25) is 0 Å². The van der Waals surface area contributed by atoms with Crippen LogP contribution in [0.5, 0.6) is 0 Å². The summed E-state index contributed by atoms with van der Waals surface area (Å²) in [4.78, 5) is 46.2. The molecule has 0 heterocycles. The van der Waals surface area contributed by atoms with Crippen LogP contribution >= 0.6 is 0 Å². The normalized spacial score (nSPS) is 12.3. The molecule has 0 unspecified atom stereocenters. The molecule has 0 radical (unpaired) electrons. The third-order valence-electron chi connectivity index (χ3n) is 3.16. The Balaban J connectivity index is 2.17. The maximum absolute atomic E-state index is 12.1. The van der Waals surface area contributed by atoms with Crippen molar-refractivity contribution in [2.45, 2.75) is 12.4 Å².